The molecule has 214 valence electrons. The van der Waals surface area contributed by atoms with E-state index in [1.807, 2.05) is 60.7 Å². The minimum absolute atomic E-state index is 0. The molecule has 1 unspecified atom stereocenters. The van der Waals surface area contributed by atoms with E-state index >= 15 is 0 Å². The second kappa shape index (κ2) is 16.4. The summed E-state index contributed by atoms with van der Waals surface area (Å²) in [6, 6.07) is 24.2. The fourth-order valence-electron chi connectivity index (χ4n) is 4.65. The molecule has 1 atom stereocenters. The molecule has 2 aliphatic heterocycles. The smallest absolute Gasteiger partial charge is 0.161 e. The van der Waals surface area contributed by atoms with Gasteiger partial charge < -0.3 is 29.2 Å². The molecule has 1 fully saturated rings. The summed E-state index contributed by atoms with van der Waals surface area (Å²) in [5, 5.41) is 3.43. The van der Waals surface area contributed by atoms with Crippen molar-refractivity contribution in [3.05, 3.63) is 72.8 Å². The number of para-hydroxylation sites is 4. The van der Waals surface area contributed by atoms with Gasteiger partial charge in [0.05, 0.1) is 25.9 Å². The summed E-state index contributed by atoms with van der Waals surface area (Å²) >= 11 is 0. The fraction of sp³-hybridized carbons (Fsp3) is 0.379. The van der Waals surface area contributed by atoms with Crippen LogP contribution >= 0.6 is 37.2 Å². The zero-order valence-corrected chi connectivity index (χ0v) is 24.6. The van der Waals surface area contributed by atoms with Crippen molar-refractivity contribution < 1.29 is 18.9 Å². The summed E-state index contributed by atoms with van der Waals surface area (Å²) < 4.78 is 23.3. The van der Waals surface area contributed by atoms with E-state index in [2.05, 4.69) is 27.2 Å². The van der Waals surface area contributed by atoms with Gasteiger partial charge in [-0.2, -0.15) is 0 Å². The Hall–Kier alpha value is -2.71. The molecule has 0 aliphatic carbocycles. The summed E-state index contributed by atoms with van der Waals surface area (Å²) in [5.74, 6) is 3.46. The van der Waals surface area contributed by atoms with Crippen molar-refractivity contribution in [1.29, 1.82) is 0 Å². The van der Waals surface area contributed by atoms with E-state index in [1.54, 1.807) is 7.11 Å². The number of anilines is 2. The summed E-state index contributed by atoms with van der Waals surface area (Å²) in [7, 11) is 1.74. The molecule has 0 aromatic heterocycles. The molecule has 1 N–H and O–H groups in total. The Morgan fingerprint density at radius 1 is 0.846 bits per heavy atom. The average Bonchev–Trinajstić information content (AvgIpc) is 2.95. The number of methoxy groups -OCH3 is 1. The van der Waals surface area contributed by atoms with Crippen molar-refractivity contribution in [3.8, 4) is 23.0 Å². The predicted octanol–water partition coefficient (Wildman–Crippen LogP) is 5.80. The topological polar surface area (TPSA) is 55.4 Å². The second-order valence-electron chi connectivity index (χ2n) is 9.11. The molecular formula is C29H38Cl3N3O4. The third kappa shape index (κ3) is 8.90. The Morgan fingerprint density at radius 2 is 1.54 bits per heavy atom. The molecule has 0 spiro atoms. The summed E-state index contributed by atoms with van der Waals surface area (Å²) in [5.41, 5.74) is 2.23. The molecule has 0 bridgehead atoms. The first kappa shape index (κ1) is 32.5. The third-order valence-electron chi connectivity index (χ3n) is 6.64. The van der Waals surface area contributed by atoms with Gasteiger partial charge in [-0.3, -0.25) is 4.90 Å². The van der Waals surface area contributed by atoms with E-state index in [0.29, 0.717) is 19.8 Å². The molecule has 39 heavy (non-hydrogen) atoms. The van der Waals surface area contributed by atoms with E-state index in [9.17, 15) is 0 Å². The molecular weight excluding hydrogens is 561 g/mol. The maximum Gasteiger partial charge on any atom is 0.161 e. The highest BCUT2D eigenvalue weighted by Gasteiger charge is 2.21. The first-order valence-electron chi connectivity index (χ1n) is 12.7. The number of ether oxygens (including phenoxy) is 4. The van der Waals surface area contributed by atoms with Crippen LogP contribution in [0.2, 0.25) is 0 Å². The standard InChI is InChI=1S/C29H35N3O4.3ClH/c1-33-27-8-3-2-7-26(27)32-18-16-31(17-19-32)15-6-20-34-24-13-11-23(12-14-24)30-21-25-22-35-28-9-4-5-10-29(28)36-25;;;/h2-5,7-14,25,30H,6,15-22H2,1H3;3*1H. The normalized spacial score (nSPS) is 16.1. The zero-order valence-electron chi connectivity index (χ0n) is 22.1. The minimum atomic E-state index is -0.0209. The number of piperazine rings is 1. The molecule has 2 aliphatic rings. The molecule has 0 saturated carbocycles. The summed E-state index contributed by atoms with van der Waals surface area (Å²) in [6.07, 6.45) is 0.988. The maximum absolute atomic E-state index is 6.01. The number of fused-ring (bicyclic) bond motifs is 1. The van der Waals surface area contributed by atoms with Gasteiger partial charge in [0.25, 0.3) is 0 Å². The largest absolute Gasteiger partial charge is 0.495 e. The Labute approximate surface area is 250 Å². The van der Waals surface area contributed by atoms with Crippen LogP contribution in [-0.4, -0.2) is 70.6 Å². The van der Waals surface area contributed by atoms with Crippen LogP contribution in [0.25, 0.3) is 0 Å². The third-order valence-corrected chi connectivity index (χ3v) is 6.64. The molecule has 5 rings (SSSR count). The van der Waals surface area contributed by atoms with E-state index in [0.717, 1.165) is 67.8 Å². The quantitative estimate of drug-likeness (QED) is 0.296. The van der Waals surface area contributed by atoms with E-state index in [1.165, 1.54) is 5.69 Å². The minimum Gasteiger partial charge on any atom is -0.495 e. The van der Waals surface area contributed by atoms with Gasteiger partial charge in [0.15, 0.2) is 11.5 Å². The lowest BCUT2D eigenvalue weighted by molar-refractivity contribution is 0.0997. The van der Waals surface area contributed by atoms with Gasteiger partial charge >= 0.3 is 0 Å². The van der Waals surface area contributed by atoms with Crippen molar-refractivity contribution in [3.63, 3.8) is 0 Å². The fourth-order valence-corrected chi connectivity index (χ4v) is 4.65. The number of nitrogens with zero attached hydrogens (tertiary/aromatic N) is 2. The van der Waals surface area contributed by atoms with Crippen molar-refractivity contribution in [2.45, 2.75) is 12.5 Å². The SMILES string of the molecule is COc1ccccc1N1CCN(CCCOc2ccc(NCC3COc4ccccc4O3)cc2)CC1.Cl.Cl.Cl. The van der Waals surface area contributed by atoms with Crippen LogP contribution in [0.5, 0.6) is 23.0 Å². The van der Waals surface area contributed by atoms with Crippen LogP contribution < -0.4 is 29.2 Å². The Balaban J connectivity index is 0.00000178. The van der Waals surface area contributed by atoms with Gasteiger partial charge in [-0.25, -0.2) is 0 Å². The average molecular weight is 599 g/mol. The van der Waals surface area contributed by atoms with Crippen LogP contribution in [0.15, 0.2) is 72.8 Å². The highest BCUT2D eigenvalue weighted by molar-refractivity contribution is 5.86. The monoisotopic (exact) mass is 597 g/mol. The van der Waals surface area contributed by atoms with E-state index < -0.39 is 0 Å². The second-order valence-corrected chi connectivity index (χ2v) is 9.11. The number of halogens is 3. The molecule has 7 nitrogen and oxygen atoms in total. The van der Waals surface area contributed by atoms with Gasteiger partial charge in [-0.15, -0.1) is 37.2 Å². The van der Waals surface area contributed by atoms with Crippen molar-refractivity contribution in [1.82, 2.24) is 4.90 Å². The van der Waals surface area contributed by atoms with Crippen LogP contribution in [-0.2, 0) is 0 Å². The van der Waals surface area contributed by atoms with Crippen LogP contribution in [0.1, 0.15) is 6.42 Å². The summed E-state index contributed by atoms with van der Waals surface area (Å²) in [6.45, 7) is 7.12. The van der Waals surface area contributed by atoms with Crippen LogP contribution in [0.4, 0.5) is 11.4 Å². The number of nitrogens with one attached hydrogen (secondary N) is 1. The molecule has 2 heterocycles. The van der Waals surface area contributed by atoms with Crippen LogP contribution in [0, 0.1) is 0 Å². The van der Waals surface area contributed by atoms with Crippen molar-refractivity contribution in [2.75, 3.05) is 69.8 Å². The molecule has 1 saturated heterocycles. The summed E-state index contributed by atoms with van der Waals surface area (Å²) in [4.78, 5) is 4.92. The lowest BCUT2D eigenvalue weighted by Gasteiger charge is -2.36. The van der Waals surface area contributed by atoms with Gasteiger partial charge in [0.2, 0.25) is 0 Å². The number of hydrogen-bond acceptors (Lipinski definition) is 7. The number of hydrogen-bond donors (Lipinski definition) is 1. The molecule has 10 heteroatoms. The maximum atomic E-state index is 6.01. The van der Waals surface area contributed by atoms with Gasteiger partial charge in [0, 0.05) is 38.4 Å². The van der Waals surface area contributed by atoms with Gasteiger partial charge in [-0.05, 0) is 55.0 Å². The lowest BCUT2D eigenvalue weighted by Crippen LogP contribution is -2.46. The van der Waals surface area contributed by atoms with E-state index in [-0.39, 0.29) is 43.3 Å². The molecule has 3 aromatic carbocycles. The Morgan fingerprint density at radius 3 is 2.28 bits per heavy atom. The molecule has 3 aromatic rings. The number of benzene rings is 3. The van der Waals surface area contributed by atoms with Crippen molar-refractivity contribution >= 4 is 48.6 Å². The van der Waals surface area contributed by atoms with Gasteiger partial charge in [-0.1, -0.05) is 24.3 Å². The first-order valence-corrected chi connectivity index (χ1v) is 12.7. The lowest BCUT2D eigenvalue weighted by atomic mass is 10.2. The Bertz CT molecular complexity index is 1110. The van der Waals surface area contributed by atoms with Crippen molar-refractivity contribution in [2.24, 2.45) is 0 Å². The highest BCUT2D eigenvalue weighted by atomic mass is 35.5. The zero-order chi connectivity index (χ0) is 24.6. The van der Waals surface area contributed by atoms with E-state index in [4.69, 9.17) is 18.9 Å². The predicted molar refractivity (Wildman–Crippen MR) is 165 cm³/mol. The molecule has 0 radical (unpaired) electrons. The first-order chi connectivity index (χ1) is 17.8. The number of rotatable bonds is 10. The molecule has 0 amide bonds. The van der Waals surface area contributed by atoms with Crippen LogP contribution in [0.3, 0.4) is 0 Å². The highest BCUT2D eigenvalue weighted by Crippen LogP contribution is 2.31. The Kier molecular flexibility index (Phi) is 13.7. The van der Waals surface area contributed by atoms with Gasteiger partial charge in [0.1, 0.15) is 24.2 Å².